The minimum absolute atomic E-state index is 0.479. The van der Waals surface area contributed by atoms with E-state index in [-0.39, 0.29) is 0 Å². The van der Waals surface area contributed by atoms with Crippen molar-refractivity contribution in [2.45, 2.75) is 59.2 Å². The molecule has 2 nitrogen and oxygen atoms in total. The first-order valence-corrected chi connectivity index (χ1v) is 7.79. The van der Waals surface area contributed by atoms with Crippen LogP contribution in [0.5, 0.6) is 0 Å². The van der Waals surface area contributed by atoms with Crippen LogP contribution in [0.1, 0.15) is 51.2 Å². The summed E-state index contributed by atoms with van der Waals surface area (Å²) in [5.41, 5.74) is 3.09. The number of nitrogens with one attached hydrogen (secondary N) is 1. The second-order valence-electron chi connectivity index (χ2n) is 7.24. The van der Waals surface area contributed by atoms with E-state index in [9.17, 15) is 0 Å². The van der Waals surface area contributed by atoms with E-state index in [1.54, 1.807) is 7.11 Å². The molecule has 2 heteroatoms. The number of ether oxygens (including phenoxy) is 1. The first kappa shape index (κ1) is 15.5. The van der Waals surface area contributed by atoms with Gasteiger partial charge < -0.3 is 10.1 Å². The highest BCUT2D eigenvalue weighted by Crippen LogP contribution is 2.38. The highest BCUT2D eigenvalue weighted by molar-refractivity contribution is 5.23. The highest BCUT2D eigenvalue weighted by atomic mass is 16.5. The lowest BCUT2D eigenvalue weighted by Gasteiger charge is -2.39. The van der Waals surface area contributed by atoms with Gasteiger partial charge in [0.25, 0.3) is 0 Å². The van der Waals surface area contributed by atoms with Crippen molar-refractivity contribution in [3.05, 3.63) is 35.4 Å². The normalized spacial score (nSPS) is 25.6. The van der Waals surface area contributed by atoms with Crippen LogP contribution < -0.4 is 5.32 Å². The fourth-order valence-corrected chi connectivity index (χ4v) is 3.76. The van der Waals surface area contributed by atoms with Crippen molar-refractivity contribution in [1.82, 2.24) is 5.32 Å². The zero-order valence-electron chi connectivity index (χ0n) is 13.4. The van der Waals surface area contributed by atoms with Crippen molar-refractivity contribution in [1.29, 1.82) is 0 Å². The monoisotopic (exact) mass is 275 g/mol. The molecule has 1 saturated carbocycles. The molecule has 1 aliphatic rings. The van der Waals surface area contributed by atoms with Gasteiger partial charge in [-0.05, 0) is 41.7 Å². The summed E-state index contributed by atoms with van der Waals surface area (Å²) in [6, 6.07) is 9.34. The SMILES string of the molecule is COCc1cccc(CNC2CC(C)CC(C)(C)C2)c1. The van der Waals surface area contributed by atoms with Gasteiger partial charge in [0, 0.05) is 19.7 Å². The summed E-state index contributed by atoms with van der Waals surface area (Å²) in [5.74, 6) is 0.830. The predicted octanol–water partition coefficient (Wildman–Crippen LogP) is 4.14. The Bertz CT molecular complexity index is 427. The van der Waals surface area contributed by atoms with Crippen LogP contribution in [0.3, 0.4) is 0 Å². The van der Waals surface area contributed by atoms with E-state index in [1.807, 2.05) is 0 Å². The molecular weight excluding hydrogens is 246 g/mol. The summed E-state index contributed by atoms with van der Waals surface area (Å²) < 4.78 is 5.20. The quantitative estimate of drug-likeness (QED) is 0.872. The van der Waals surface area contributed by atoms with Gasteiger partial charge in [-0.15, -0.1) is 0 Å². The van der Waals surface area contributed by atoms with E-state index in [4.69, 9.17) is 4.74 Å². The van der Waals surface area contributed by atoms with Crippen LogP contribution in [0.4, 0.5) is 0 Å². The maximum atomic E-state index is 5.20. The van der Waals surface area contributed by atoms with E-state index in [0.29, 0.717) is 18.1 Å². The standard InChI is InChI=1S/C18H29NO/c1-14-8-17(11-18(2,3)10-14)19-12-15-6-5-7-16(9-15)13-20-4/h5-7,9,14,17,19H,8,10-13H2,1-4H3. The minimum atomic E-state index is 0.479. The number of hydrogen-bond acceptors (Lipinski definition) is 2. The molecule has 0 amide bonds. The maximum absolute atomic E-state index is 5.20. The number of rotatable bonds is 5. The molecule has 1 aromatic rings. The van der Waals surface area contributed by atoms with Gasteiger partial charge in [0.15, 0.2) is 0 Å². The third-order valence-electron chi connectivity index (χ3n) is 4.28. The Morgan fingerprint density at radius 1 is 1.25 bits per heavy atom. The van der Waals surface area contributed by atoms with E-state index >= 15 is 0 Å². The number of hydrogen-bond donors (Lipinski definition) is 1. The van der Waals surface area contributed by atoms with Gasteiger partial charge in [-0.25, -0.2) is 0 Å². The molecule has 1 aliphatic carbocycles. The van der Waals surface area contributed by atoms with Gasteiger partial charge in [-0.1, -0.05) is 45.0 Å². The molecule has 0 radical (unpaired) electrons. The lowest BCUT2D eigenvalue weighted by molar-refractivity contribution is 0.151. The Morgan fingerprint density at radius 3 is 2.70 bits per heavy atom. The van der Waals surface area contributed by atoms with Gasteiger partial charge in [0.05, 0.1) is 6.61 Å². The van der Waals surface area contributed by atoms with E-state index in [1.165, 1.54) is 30.4 Å². The smallest absolute Gasteiger partial charge is 0.0713 e. The summed E-state index contributed by atoms with van der Waals surface area (Å²) in [6.45, 7) is 8.84. The van der Waals surface area contributed by atoms with Crippen LogP contribution in [0.15, 0.2) is 24.3 Å². The molecule has 2 atom stereocenters. The Kier molecular flexibility index (Phi) is 5.22. The molecule has 20 heavy (non-hydrogen) atoms. The number of benzene rings is 1. The highest BCUT2D eigenvalue weighted by Gasteiger charge is 2.31. The molecule has 1 aromatic carbocycles. The summed E-state index contributed by atoms with van der Waals surface area (Å²) in [7, 11) is 1.75. The molecule has 0 aliphatic heterocycles. The number of methoxy groups -OCH3 is 1. The van der Waals surface area contributed by atoms with Crippen LogP contribution in [0.2, 0.25) is 0 Å². The third-order valence-corrected chi connectivity index (χ3v) is 4.28. The molecule has 1 fully saturated rings. The van der Waals surface area contributed by atoms with Crippen molar-refractivity contribution in [2.75, 3.05) is 7.11 Å². The van der Waals surface area contributed by atoms with Gasteiger partial charge in [0.1, 0.15) is 0 Å². The van der Waals surface area contributed by atoms with Crippen molar-refractivity contribution in [2.24, 2.45) is 11.3 Å². The summed E-state index contributed by atoms with van der Waals surface area (Å²) in [4.78, 5) is 0. The molecule has 2 unspecified atom stereocenters. The Balaban J connectivity index is 1.90. The van der Waals surface area contributed by atoms with Gasteiger partial charge in [-0.2, -0.15) is 0 Å². The van der Waals surface area contributed by atoms with E-state index in [0.717, 1.165) is 12.5 Å². The van der Waals surface area contributed by atoms with Gasteiger partial charge in [-0.3, -0.25) is 0 Å². The lowest BCUT2D eigenvalue weighted by Crippen LogP contribution is -2.39. The van der Waals surface area contributed by atoms with Crippen LogP contribution in [0.25, 0.3) is 0 Å². The minimum Gasteiger partial charge on any atom is -0.380 e. The fraction of sp³-hybridized carbons (Fsp3) is 0.667. The predicted molar refractivity (Wildman–Crippen MR) is 84.6 cm³/mol. The molecular formula is C18H29NO. The molecule has 1 N–H and O–H groups in total. The largest absolute Gasteiger partial charge is 0.380 e. The van der Waals surface area contributed by atoms with Crippen molar-refractivity contribution >= 4 is 0 Å². The summed E-state index contributed by atoms with van der Waals surface area (Å²) in [6.07, 6.45) is 3.95. The first-order chi connectivity index (χ1) is 9.48. The van der Waals surface area contributed by atoms with Crippen LogP contribution in [-0.2, 0) is 17.9 Å². The maximum Gasteiger partial charge on any atom is 0.0713 e. The zero-order chi connectivity index (χ0) is 14.6. The van der Waals surface area contributed by atoms with Gasteiger partial charge in [0.2, 0.25) is 0 Å². The molecule has 2 rings (SSSR count). The molecule has 0 aromatic heterocycles. The lowest BCUT2D eigenvalue weighted by atomic mass is 9.70. The second-order valence-corrected chi connectivity index (χ2v) is 7.24. The Morgan fingerprint density at radius 2 is 2.00 bits per heavy atom. The molecule has 0 bridgehead atoms. The third kappa shape index (κ3) is 4.60. The Hall–Kier alpha value is -0.860. The molecule has 0 spiro atoms. The first-order valence-electron chi connectivity index (χ1n) is 7.79. The molecule has 112 valence electrons. The average molecular weight is 275 g/mol. The van der Waals surface area contributed by atoms with E-state index < -0.39 is 0 Å². The van der Waals surface area contributed by atoms with Crippen LogP contribution in [0, 0.1) is 11.3 Å². The van der Waals surface area contributed by atoms with Crippen molar-refractivity contribution in [3.8, 4) is 0 Å². The average Bonchev–Trinajstić information content (AvgIpc) is 2.35. The van der Waals surface area contributed by atoms with Crippen LogP contribution >= 0.6 is 0 Å². The zero-order valence-corrected chi connectivity index (χ0v) is 13.4. The second kappa shape index (κ2) is 6.73. The van der Waals surface area contributed by atoms with Gasteiger partial charge >= 0.3 is 0 Å². The van der Waals surface area contributed by atoms with E-state index in [2.05, 4.69) is 50.4 Å². The Labute approximate surface area is 123 Å². The van der Waals surface area contributed by atoms with Crippen molar-refractivity contribution in [3.63, 3.8) is 0 Å². The fourth-order valence-electron chi connectivity index (χ4n) is 3.76. The molecule has 0 saturated heterocycles. The van der Waals surface area contributed by atoms with Crippen LogP contribution in [-0.4, -0.2) is 13.2 Å². The summed E-state index contributed by atoms with van der Waals surface area (Å²) >= 11 is 0. The molecule has 0 heterocycles. The van der Waals surface area contributed by atoms with Crippen molar-refractivity contribution < 1.29 is 4.74 Å². The summed E-state index contributed by atoms with van der Waals surface area (Å²) in [5, 5.41) is 3.75. The topological polar surface area (TPSA) is 21.3 Å².